The van der Waals surface area contributed by atoms with Crippen LogP contribution >= 0.6 is 24.0 Å². The second-order valence-electron chi connectivity index (χ2n) is 7.43. The molecule has 2 aromatic rings. The SMILES string of the molecule is CN=C(NCCCOCC1CCOC1)NCc1cccc(Cn2ccnc2C)c1.I. The number of benzene rings is 1. The Morgan fingerprint density at radius 1 is 1.33 bits per heavy atom. The number of rotatable bonds is 10. The van der Waals surface area contributed by atoms with Gasteiger partial charge in [-0.25, -0.2) is 4.98 Å². The van der Waals surface area contributed by atoms with Gasteiger partial charge >= 0.3 is 0 Å². The topological polar surface area (TPSA) is 72.7 Å². The summed E-state index contributed by atoms with van der Waals surface area (Å²) < 4.78 is 13.3. The van der Waals surface area contributed by atoms with Gasteiger partial charge in [0.1, 0.15) is 5.82 Å². The van der Waals surface area contributed by atoms with Gasteiger partial charge in [-0.1, -0.05) is 24.3 Å². The number of aliphatic imine (C=N–C) groups is 1. The molecule has 2 heterocycles. The van der Waals surface area contributed by atoms with Crippen LogP contribution in [0.1, 0.15) is 29.8 Å². The number of ether oxygens (including phenoxy) is 2. The van der Waals surface area contributed by atoms with Gasteiger partial charge in [0.2, 0.25) is 0 Å². The number of nitrogens with zero attached hydrogens (tertiary/aromatic N) is 3. The van der Waals surface area contributed by atoms with E-state index < -0.39 is 0 Å². The number of aryl methyl sites for hydroxylation is 1. The van der Waals surface area contributed by atoms with Gasteiger partial charge in [-0.05, 0) is 30.9 Å². The lowest BCUT2D eigenvalue weighted by atomic mass is 10.1. The van der Waals surface area contributed by atoms with E-state index >= 15 is 0 Å². The van der Waals surface area contributed by atoms with Crippen LogP contribution in [0.3, 0.4) is 0 Å². The van der Waals surface area contributed by atoms with Crippen molar-refractivity contribution in [1.29, 1.82) is 0 Å². The fourth-order valence-electron chi connectivity index (χ4n) is 3.36. The van der Waals surface area contributed by atoms with E-state index in [4.69, 9.17) is 9.47 Å². The normalized spacial score (nSPS) is 16.3. The van der Waals surface area contributed by atoms with Crippen molar-refractivity contribution in [3.8, 4) is 0 Å². The minimum atomic E-state index is 0. The second kappa shape index (κ2) is 13.6. The molecule has 0 spiro atoms. The summed E-state index contributed by atoms with van der Waals surface area (Å²) in [6.07, 6.45) is 5.92. The lowest BCUT2D eigenvalue weighted by Gasteiger charge is -2.13. The molecular formula is C22H34IN5O2. The number of nitrogens with one attached hydrogen (secondary N) is 2. The van der Waals surface area contributed by atoms with Gasteiger partial charge in [-0.3, -0.25) is 4.99 Å². The Morgan fingerprint density at radius 3 is 2.93 bits per heavy atom. The lowest BCUT2D eigenvalue weighted by molar-refractivity contribution is 0.0888. The Morgan fingerprint density at radius 2 is 2.20 bits per heavy atom. The summed E-state index contributed by atoms with van der Waals surface area (Å²) in [6, 6.07) is 8.60. The largest absolute Gasteiger partial charge is 0.381 e. The Hall–Kier alpha value is -1.65. The number of imidazole rings is 1. The van der Waals surface area contributed by atoms with Gasteiger partial charge in [0.25, 0.3) is 0 Å². The molecule has 166 valence electrons. The Bertz CT molecular complexity index is 774. The minimum Gasteiger partial charge on any atom is -0.381 e. The van der Waals surface area contributed by atoms with E-state index in [2.05, 4.69) is 49.4 Å². The molecule has 1 saturated heterocycles. The van der Waals surface area contributed by atoms with Crippen LogP contribution in [0.5, 0.6) is 0 Å². The van der Waals surface area contributed by atoms with Gasteiger partial charge < -0.3 is 24.7 Å². The molecule has 1 aromatic carbocycles. The van der Waals surface area contributed by atoms with Crippen LogP contribution < -0.4 is 10.6 Å². The average molecular weight is 527 g/mol. The van der Waals surface area contributed by atoms with Crippen molar-refractivity contribution in [1.82, 2.24) is 20.2 Å². The first-order valence-corrected chi connectivity index (χ1v) is 10.4. The van der Waals surface area contributed by atoms with E-state index in [0.29, 0.717) is 5.92 Å². The highest BCUT2D eigenvalue weighted by Gasteiger charge is 2.15. The van der Waals surface area contributed by atoms with Crippen molar-refractivity contribution < 1.29 is 9.47 Å². The van der Waals surface area contributed by atoms with Crippen LogP contribution in [-0.2, 0) is 22.6 Å². The fourth-order valence-corrected chi connectivity index (χ4v) is 3.36. The molecule has 1 aliphatic heterocycles. The monoisotopic (exact) mass is 527 g/mol. The Labute approximate surface area is 196 Å². The summed E-state index contributed by atoms with van der Waals surface area (Å²) in [5.41, 5.74) is 2.49. The molecule has 0 bridgehead atoms. The molecular weight excluding hydrogens is 493 g/mol. The molecule has 1 fully saturated rings. The second-order valence-corrected chi connectivity index (χ2v) is 7.43. The van der Waals surface area contributed by atoms with E-state index in [9.17, 15) is 0 Å². The number of hydrogen-bond acceptors (Lipinski definition) is 4. The zero-order chi connectivity index (χ0) is 20.3. The molecule has 7 nitrogen and oxygen atoms in total. The van der Waals surface area contributed by atoms with Crippen molar-refractivity contribution in [2.24, 2.45) is 10.9 Å². The summed E-state index contributed by atoms with van der Waals surface area (Å²) in [4.78, 5) is 8.59. The number of guanidine groups is 1. The zero-order valence-corrected chi connectivity index (χ0v) is 20.3. The van der Waals surface area contributed by atoms with Crippen molar-refractivity contribution in [3.63, 3.8) is 0 Å². The van der Waals surface area contributed by atoms with Gasteiger partial charge in [0.15, 0.2) is 5.96 Å². The molecule has 3 rings (SSSR count). The van der Waals surface area contributed by atoms with Gasteiger partial charge in [-0.2, -0.15) is 0 Å². The smallest absolute Gasteiger partial charge is 0.191 e. The lowest BCUT2D eigenvalue weighted by Crippen LogP contribution is -2.37. The maximum absolute atomic E-state index is 5.74. The van der Waals surface area contributed by atoms with Crippen LogP contribution in [0, 0.1) is 12.8 Å². The van der Waals surface area contributed by atoms with E-state index in [-0.39, 0.29) is 24.0 Å². The van der Waals surface area contributed by atoms with Crippen LogP contribution in [0.25, 0.3) is 0 Å². The molecule has 1 aliphatic rings. The molecule has 1 unspecified atom stereocenters. The van der Waals surface area contributed by atoms with Gasteiger partial charge in [0, 0.05) is 58.2 Å². The fraction of sp³-hybridized carbons (Fsp3) is 0.545. The third-order valence-electron chi connectivity index (χ3n) is 5.09. The quantitative estimate of drug-likeness (QED) is 0.215. The molecule has 0 saturated carbocycles. The van der Waals surface area contributed by atoms with E-state index in [1.54, 1.807) is 7.05 Å². The molecule has 1 aromatic heterocycles. The van der Waals surface area contributed by atoms with Crippen molar-refractivity contribution in [2.45, 2.75) is 32.9 Å². The molecule has 0 amide bonds. The molecule has 8 heteroatoms. The van der Waals surface area contributed by atoms with Crippen LogP contribution in [-0.4, -0.2) is 55.5 Å². The highest BCUT2D eigenvalue weighted by Crippen LogP contribution is 2.12. The van der Waals surface area contributed by atoms with E-state index in [1.165, 1.54) is 11.1 Å². The minimum absolute atomic E-state index is 0. The third-order valence-corrected chi connectivity index (χ3v) is 5.09. The average Bonchev–Trinajstić information content (AvgIpc) is 3.39. The first kappa shape index (κ1) is 24.6. The number of aromatic nitrogens is 2. The van der Waals surface area contributed by atoms with Crippen molar-refractivity contribution in [2.75, 3.05) is 40.0 Å². The van der Waals surface area contributed by atoms with Crippen molar-refractivity contribution >= 4 is 29.9 Å². The number of halogens is 1. The first-order valence-electron chi connectivity index (χ1n) is 10.4. The van der Waals surface area contributed by atoms with Crippen LogP contribution in [0.15, 0.2) is 41.7 Å². The standard InChI is InChI=1S/C22H33N5O2.HI/c1-18-24-9-10-27(18)15-20-6-3-5-19(13-20)14-26-22(23-2)25-8-4-11-28-16-21-7-12-29-17-21;/h3,5-6,9-10,13,21H,4,7-8,11-12,14-17H2,1-2H3,(H2,23,25,26);1H. The van der Waals surface area contributed by atoms with Crippen LogP contribution in [0.2, 0.25) is 0 Å². The molecule has 0 radical (unpaired) electrons. The molecule has 1 atom stereocenters. The number of hydrogen-bond donors (Lipinski definition) is 2. The predicted molar refractivity (Wildman–Crippen MR) is 130 cm³/mol. The summed E-state index contributed by atoms with van der Waals surface area (Å²) in [6.45, 7) is 7.71. The molecule has 30 heavy (non-hydrogen) atoms. The molecule has 0 aliphatic carbocycles. The highest BCUT2D eigenvalue weighted by atomic mass is 127. The molecule has 2 N–H and O–H groups in total. The summed E-state index contributed by atoms with van der Waals surface area (Å²) in [7, 11) is 1.80. The maximum Gasteiger partial charge on any atom is 0.191 e. The van der Waals surface area contributed by atoms with Gasteiger partial charge in [-0.15, -0.1) is 24.0 Å². The highest BCUT2D eigenvalue weighted by molar-refractivity contribution is 14.0. The Balaban J connectivity index is 0.00000320. The van der Waals surface area contributed by atoms with Crippen molar-refractivity contribution in [3.05, 3.63) is 53.6 Å². The summed E-state index contributed by atoms with van der Waals surface area (Å²) in [5.74, 6) is 2.41. The summed E-state index contributed by atoms with van der Waals surface area (Å²) in [5, 5.41) is 6.73. The van der Waals surface area contributed by atoms with E-state index in [0.717, 1.165) is 70.7 Å². The van der Waals surface area contributed by atoms with Gasteiger partial charge in [0.05, 0.1) is 13.2 Å². The maximum atomic E-state index is 5.74. The van der Waals surface area contributed by atoms with Crippen LogP contribution in [0.4, 0.5) is 0 Å². The first-order chi connectivity index (χ1) is 14.2. The third kappa shape index (κ3) is 8.23. The zero-order valence-electron chi connectivity index (χ0n) is 18.0. The predicted octanol–water partition coefficient (Wildman–Crippen LogP) is 2.97. The Kier molecular flexibility index (Phi) is 11.2. The summed E-state index contributed by atoms with van der Waals surface area (Å²) >= 11 is 0. The van der Waals surface area contributed by atoms with E-state index in [1.807, 2.05) is 19.3 Å².